The van der Waals surface area contributed by atoms with Gasteiger partial charge in [0.05, 0.1) is 17.4 Å². The monoisotopic (exact) mass is 278 g/mol. The number of carbonyl (C=O) groups excluding carboxylic acids is 1. The molecule has 2 aromatic rings. The van der Waals surface area contributed by atoms with E-state index in [0.717, 1.165) is 16.9 Å². The van der Waals surface area contributed by atoms with Gasteiger partial charge in [0.1, 0.15) is 5.69 Å². The lowest BCUT2D eigenvalue weighted by Gasteiger charge is -2.09. The molecule has 0 aliphatic carbocycles. The third-order valence-electron chi connectivity index (χ3n) is 2.53. The zero-order chi connectivity index (χ0) is 13.8. The average molecular weight is 278 g/mol. The van der Waals surface area contributed by atoms with Crippen molar-refractivity contribution in [2.75, 3.05) is 6.54 Å². The van der Waals surface area contributed by atoms with Crippen LogP contribution in [0.4, 0.5) is 0 Å². The molecule has 2 rings (SSSR count). The first-order chi connectivity index (χ1) is 9.06. The van der Waals surface area contributed by atoms with Crippen LogP contribution < -0.4 is 10.9 Å². The Morgan fingerprint density at radius 2 is 2.32 bits per heavy atom. The molecular weight excluding hydrogens is 264 g/mol. The summed E-state index contributed by atoms with van der Waals surface area (Å²) in [6.45, 7) is 4.39. The highest BCUT2D eigenvalue weighted by atomic mass is 32.1. The molecule has 1 unspecified atom stereocenters. The van der Waals surface area contributed by atoms with Gasteiger partial charge >= 0.3 is 0 Å². The molecule has 0 aliphatic heterocycles. The van der Waals surface area contributed by atoms with Crippen LogP contribution >= 0.6 is 11.3 Å². The van der Waals surface area contributed by atoms with Crippen molar-refractivity contribution in [2.24, 2.45) is 0 Å². The van der Waals surface area contributed by atoms with E-state index < -0.39 is 5.56 Å². The van der Waals surface area contributed by atoms with Crippen LogP contribution in [0, 0.1) is 6.92 Å². The number of rotatable bonds is 4. The van der Waals surface area contributed by atoms with Crippen molar-refractivity contribution in [3.8, 4) is 0 Å². The second kappa shape index (κ2) is 5.75. The fourth-order valence-electron chi connectivity index (χ4n) is 1.52. The molecule has 6 nitrogen and oxygen atoms in total. The minimum Gasteiger partial charge on any atom is -0.350 e. The van der Waals surface area contributed by atoms with Gasteiger partial charge in [-0.15, -0.1) is 11.3 Å². The topological polar surface area (TPSA) is 87.7 Å². The van der Waals surface area contributed by atoms with Crippen molar-refractivity contribution in [3.05, 3.63) is 44.5 Å². The molecule has 0 radical (unpaired) electrons. The lowest BCUT2D eigenvalue weighted by molar-refractivity contribution is 0.0946. The third kappa shape index (κ3) is 3.47. The van der Waals surface area contributed by atoms with Crippen LogP contribution in [0.1, 0.15) is 34.0 Å². The van der Waals surface area contributed by atoms with Gasteiger partial charge in [-0.05, 0) is 6.92 Å². The quantitative estimate of drug-likeness (QED) is 0.875. The molecule has 2 aromatic heterocycles. The molecule has 19 heavy (non-hydrogen) atoms. The van der Waals surface area contributed by atoms with E-state index in [4.69, 9.17) is 0 Å². The SMILES string of the molecule is Cc1csc(C(C)CNC(=O)c2cncc(=O)[nH]2)n1. The highest BCUT2D eigenvalue weighted by Crippen LogP contribution is 2.18. The molecule has 2 N–H and O–H groups in total. The first-order valence-electron chi connectivity index (χ1n) is 5.81. The van der Waals surface area contributed by atoms with Gasteiger partial charge in [-0.1, -0.05) is 6.92 Å². The Balaban J connectivity index is 1.95. The molecule has 2 heterocycles. The Kier molecular flexibility index (Phi) is 4.06. The van der Waals surface area contributed by atoms with Crippen molar-refractivity contribution in [2.45, 2.75) is 19.8 Å². The second-order valence-corrected chi connectivity index (χ2v) is 5.14. The van der Waals surface area contributed by atoms with E-state index in [2.05, 4.69) is 20.3 Å². The van der Waals surface area contributed by atoms with E-state index in [1.54, 1.807) is 11.3 Å². The number of aromatic nitrogens is 3. The molecule has 1 amide bonds. The molecule has 0 saturated carbocycles. The Morgan fingerprint density at radius 3 is 2.95 bits per heavy atom. The van der Waals surface area contributed by atoms with E-state index in [1.807, 2.05) is 19.2 Å². The summed E-state index contributed by atoms with van der Waals surface area (Å²) < 4.78 is 0. The maximum absolute atomic E-state index is 11.8. The molecule has 1 atom stereocenters. The van der Waals surface area contributed by atoms with Gasteiger partial charge in [0.25, 0.3) is 11.5 Å². The van der Waals surface area contributed by atoms with Crippen LogP contribution in [0.2, 0.25) is 0 Å². The van der Waals surface area contributed by atoms with Crippen LogP contribution in [0.5, 0.6) is 0 Å². The van der Waals surface area contributed by atoms with Crippen molar-refractivity contribution in [3.63, 3.8) is 0 Å². The predicted molar refractivity (Wildman–Crippen MR) is 72.5 cm³/mol. The minimum atomic E-state index is -0.392. The highest BCUT2D eigenvalue weighted by molar-refractivity contribution is 7.09. The molecule has 0 aliphatic rings. The maximum Gasteiger partial charge on any atom is 0.269 e. The van der Waals surface area contributed by atoms with Crippen LogP contribution in [-0.4, -0.2) is 27.4 Å². The largest absolute Gasteiger partial charge is 0.350 e. The summed E-state index contributed by atoms with van der Waals surface area (Å²) in [6.07, 6.45) is 2.45. The van der Waals surface area contributed by atoms with Gasteiger partial charge < -0.3 is 10.3 Å². The summed E-state index contributed by atoms with van der Waals surface area (Å²) in [4.78, 5) is 33.3. The standard InChI is InChI=1S/C12H14N4O2S/c1-7(12-15-8(2)6-19-12)3-14-11(18)9-4-13-5-10(17)16-9/h4-7H,3H2,1-2H3,(H,14,18)(H,16,17). The van der Waals surface area contributed by atoms with Gasteiger partial charge in [0.2, 0.25) is 0 Å². The lowest BCUT2D eigenvalue weighted by Crippen LogP contribution is -2.29. The average Bonchev–Trinajstić information content (AvgIpc) is 2.82. The first-order valence-corrected chi connectivity index (χ1v) is 6.69. The van der Waals surface area contributed by atoms with E-state index in [1.165, 1.54) is 6.20 Å². The van der Waals surface area contributed by atoms with Gasteiger partial charge in [-0.3, -0.25) is 14.6 Å². The minimum absolute atomic E-state index is 0.131. The Hall–Kier alpha value is -2.02. The van der Waals surface area contributed by atoms with E-state index in [-0.39, 0.29) is 17.5 Å². The van der Waals surface area contributed by atoms with Gasteiger partial charge in [0.15, 0.2) is 0 Å². The highest BCUT2D eigenvalue weighted by Gasteiger charge is 2.12. The number of aromatic amines is 1. The summed E-state index contributed by atoms with van der Waals surface area (Å²) in [5.41, 5.74) is 0.751. The predicted octanol–water partition coefficient (Wildman–Crippen LogP) is 1.07. The summed E-state index contributed by atoms with van der Waals surface area (Å²) in [7, 11) is 0. The number of H-pyrrole nitrogens is 1. The third-order valence-corrected chi connectivity index (χ3v) is 3.72. The zero-order valence-electron chi connectivity index (χ0n) is 10.6. The van der Waals surface area contributed by atoms with Gasteiger partial charge in [-0.25, -0.2) is 4.98 Å². The molecule has 0 bridgehead atoms. The normalized spacial score (nSPS) is 12.1. The Morgan fingerprint density at radius 1 is 1.53 bits per heavy atom. The molecule has 0 aromatic carbocycles. The maximum atomic E-state index is 11.8. The number of hydrogen-bond donors (Lipinski definition) is 2. The number of aryl methyl sites for hydroxylation is 1. The molecule has 0 saturated heterocycles. The van der Waals surface area contributed by atoms with Crippen molar-refractivity contribution >= 4 is 17.2 Å². The zero-order valence-corrected chi connectivity index (χ0v) is 11.5. The molecular formula is C12H14N4O2S. The number of hydrogen-bond acceptors (Lipinski definition) is 5. The van der Waals surface area contributed by atoms with Crippen LogP contribution in [0.15, 0.2) is 22.6 Å². The number of nitrogens with one attached hydrogen (secondary N) is 2. The summed E-state index contributed by atoms with van der Waals surface area (Å²) in [6, 6.07) is 0. The molecule has 0 spiro atoms. The van der Waals surface area contributed by atoms with Gasteiger partial charge in [-0.2, -0.15) is 0 Å². The summed E-state index contributed by atoms with van der Waals surface area (Å²) in [5.74, 6) is -0.212. The number of thiazole rings is 1. The van der Waals surface area contributed by atoms with Crippen LogP contribution in [0.3, 0.4) is 0 Å². The van der Waals surface area contributed by atoms with Crippen molar-refractivity contribution in [1.82, 2.24) is 20.3 Å². The summed E-state index contributed by atoms with van der Waals surface area (Å²) in [5, 5.41) is 5.71. The number of carbonyl (C=O) groups is 1. The molecule has 7 heteroatoms. The number of amides is 1. The van der Waals surface area contributed by atoms with Crippen LogP contribution in [0.25, 0.3) is 0 Å². The van der Waals surface area contributed by atoms with E-state index >= 15 is 0 Å². The van der Waals surface area contributed by atoms with E-state index in [0.29, 0.717) is 6.54 Å². The van der Waals surface area contributed by atoms with Crippen LogP contribution in [-0.2, 0) is 0 Å². The van der Waals surface area contributed by atoms with Crippen molar-refractivity contribution < 1.29 is 4.79 Å². The summed E-state index contributed by atoms with van der Waals surface area (Å²) >= 11 is 1.58. The smallest absolute Gasteiger partial charge is 0.269 e. The van der Waals surface area contributed by atoms with Gasteiger partial charge in [0, 0.05) is 23.5 Å². The Labute approximate surface area is 113 Å². The van der Waals surface area contributed by atoms with E-state index in [9.17, 15) is 9.59 Å². The number of nitrogens with zero attached hydrogens (tertiary/aromatic N) is 2. The Bertz CT molecular complexity index is 634. The molecule has 0 fully saturated rings. The first kappa shape index (κ1) is 13.4. The van der Waals surface area contributed by atoms with Crippen molar-refractivity contribution in [1.29, 1.82) is 0 Å². The molecule has 100 valence electrons. The lowest BCUT2D eigenvalue weighted by atomic mass is 10.2. The fourth-order valence-corrected chi connectivity index (χ4v) is 2.38. The second-order valence-electron chi connectivity index (χ2n) is 4.25. The fraction of sp³-hybridized carbons (Fsp3) is 0.333.